The number of nitrogens with zero attached hydrogens (tertiary/aromatic N) is 2. The van der Waals surface area contributed by atoms with Gasteiger partial charge in [0.15, 0.2) is 6.61 Å². The average molecular weight is 423 g/mol. The van der Waals surface area contributed by atoms with Crippen LogP contribution in [0.4, 0.5) is 0 Å². The van der Waals surface area contributed by atoms with Crippen LogP contribution in [-0.2, 0) is 10.2 Å². The molecule has 1 aliphatic rings. The minimum atomic E-state index is -0.0373. The number of hydrogen-bond acceptors (Lipinski definition) is 3. The number of hydrogen-bond donors (Lipinski definition) is 0. The largest absolute Gasteiger partial charge is 0.483 e. The lowest BCUT2D eigenvalue weighted by Gasteiger charge is -2.23. The van der Waals surface area contributed by atoms with Crippen LogP contribution >= 0.6 is 0 Å². The first-order valence-corrected chi connectivity index (χ1v) is 11.0. The number of aryl methyl sites for hydroxylation is 1. The molecule has 166 valence electrons. The van der Waals surface area contributed by atoms with E-state index in [0.29, 0.717) is 31.7 Å². The molecule has 0 atom stereocenters. The van der Waals surface area contributed by atoms with E-state index < -0.39 is 0 Å². The average Bonchev–Trinajstić information content (AvgIpc) is 3.00. The molecule has 5 heteroatoms. The molecule has 0 radical (unpaired) electrons. The zero-order chi connectivity index (χ0) is 22.6. The Balaban J connectivity index is 1.56. The summed E-state index contributed by atoms with van der Waals surface area (Å²) in [6, 6.07) is 13.7. The zero-order valence-electron chi connectivity index (χ0n) is 19.4. The van der Waals surface area contributed by atoms with Crippen molar-refractivity contribution in [3.8, 4) is 5.75 Å². The standard InChI is InChI=1S/C26H34N2O3/c1-19-8-6-9-23(20(19)2)31-18-24(29)27-14-7-15-28(17-16-27)25(30)21-10-12-22(13-11-21)26(3,4)5/h6,8-13H,7,14-18H2,1-5H3. The molecule has 0 N–H and O–H groups in total. The van der Waals surface area contributed by atoms with Crippen LogP contribution in [0.1, 0.15) is 54.2 Å². The lowest BCUT2D eigenvalue weighted by molar-refractivity contribution is -0.133. The molecule has 0 aliphatic carbocycles. The van der Waals surface area contributed by atoms with Crippen molar-refractivity contribution < 1.29 is 14.3 Å². The van der Waals surface area contributed by atoms with Crippen molar-refractivity contribution in [2.24, 2.45) is 0 Å². The molecule has 3 rings (SSSR count). The third-order valence-corrected chi connectivity index (χ3v) is 6.04. The molecular weight excluding hydrogens is 388 g/mol. The summed E-state index contributed by atoms with van der Waals surface area (Å²) in [7, 11) is 0. The normalized spacial score (nSPS) is 14.9. The number of rotatable bonds is 4. The van der Waals surface area contributed by atoms with Gasteiger partial charge in [-0.25, -0.2) is 0 Å². The summed E-state index contributed by atoms with van der Waals surface area (Å²) in [5.74, 6) is 0.741. The molecular formula is C26H34N2O3. The maximum Gasteiger partial charge on any atom is 0.260 e. The molecule has 2 aromatic carbocycles. The van der Waals surface area contributed by atoms with Crippen LogP contribution in [0.25, 0.3) is 0 Å². The molecule has 0 spiro atoms. The summed E-state index contributed by atoms with van der Waals surface area (Å²) in [5, 5.41) is 0. The summed E-state index contributed by atoms with van der Waals surface area (Å²) in [6.45, 7) is 12.9. The van der Waals surface area contributed by atoms with E-state index in [1.54, 1.807) is 4.90 Å². The lowest BCUT2D eigenvalue weighted by Crippen LogP contribution is -2.39. The highest BCUT2D eigenvalue weighted by molar-refractivity contribution is 5.94. The molecule has 0 bridgehead atoms. The minimum absolute atomic E-state index is 0.0203. The van der Waals surface area contributed by atoms with Crippen molar-refractivity contribution >= 4 is 11.8 Å². The van der Waals surface area contributed by atoms with Crippen LogP contribution in [0.15, 0.2) is 42.5 Å². The Labute approximate surface area is 186 Å². The summed E-state index contributed by atoms with van der Waals surface area (Å²) in [4.78, 5) is 29.3. The molecule has 0 saturated carbocycles. The van der Waals surface area contributed by atoms with Crippen molar-refractivity contribution in [1.82, 2.24) is 9.80 Å². The lowest BCUT2D eigenvalue weighted by atomic mass is 9.86. The topological polar surface area (TPSA) is 49.9 Å². The fourth-order valence-corrected chi connectivity index (χ4v) is 3.78. The van der Waals surface area contributed by atoms with Gasteiger partial charge in [0.1, 0.15) is 5.75 Å². The van der Waals surface area contributed by atoms with Gasteiger partial charge in [-0.1, -0.05) is 45.0 Å². The van der Waals surface area contributed by atoms with Gasteiger partial charge in [-0.05, 0) is 60.6 Å². The SMILES string of the molecule is Cc1cccc(OCC(=O)N2CCCN(C(=O)c3ccc(C(C)(C)C)cc3)CC2)c1C. The van der Waals surface area contributed by atoms with Gasteiger partial charge >= 0.3 is 0 Å². The predicted octanol–water partition coefficient (Wildman–Crippen LogP) is 4.35. The predicted molar refractivity (Wildman–Crippen MR) is 124 cm³/mol. The summed E-state index contributed by atoms with van der Waals surface area (Å²) < 4.78 is 5.78. The Kier molecular flexibility index (Phi) is 7.04. The molecule has 2 amide bonds. The van der Waals surface area contributed by atoms with E-state index in [1.165, 1.54) is 5.56 Å². The Hall–Kier alpha value is -2.82. The van der Waals surface area contributed by atoms with Crippen LogP contribution in [0.2, 0.25) is 0 Å². The molecule has 1 saturated heterocycles. The zero-order valence-corrected chi connectivity index (χ0v) is 19.4. The molecule has 31 heavy (non-hydrogen) atoms. The van der Waals surface area contributed by atoms with Crippen LogP contribution in [0.5, 0.6) is 5.75 Å². The smallest absolute Gasteiger partial charge is 0.260 e. The van der Waals surface area contributed by atoms with Gasteiger partial charge in [0.25, 0.3) is 11.8 Å². The van der Waals surface area contributed by atoms with Gasteiger partial charge < -0.3 is 14.5 Å². The first-order chi connectivity index (χ1) is 14.7. The Morgan fingerprint density at radius 3 is 2.23 bits per heavy atom. The van der Waals surface area contributed by atoms with E-state index in [4.69, 9.17) is 4.74 Å². The molecule has 1 heterocycles. The van der Waals surface area contributed by atoms with Gasteiger partial charge in [0.2, 0.25) is 0 Å². The molecule has 2 aromatic rings. The van der Waals surface area contributed by atoms with E-state index >= 15 is 0 Å². The second-order valence-electron chi connectivity index (χ2n) is 9.34. The number of carbonyl (C=O) groups excluding carboxylic acids is 2. The van der Waals surface area contributed by atoms with E-state index in [2.05, 4.69) is 20.8 Å². The maximum atomic E-state index is 13.0. The van der Waals surface area contributed by atoms with E-state index in [9.17, 15) is 9.59 Å². The molecule has 5 nitrogen and oxygen atoms in total. The fraction of sp³-hybridized carbons (Fsp3) is 0.462. The number of amides is 2. The second kappa shape index (κ2) is 9.54. The second-order valence-corrected chi connectivity index (χ2v) is 9.34. The van der Waals surface area contributed by atoms with Gasteiger partial charge in [-0.2, -0.15) is 0 Å². The van der Waals surface area contributed by atoms with Gasteiger partial charge in [-0.3, -0.25) is 9.59 Å². The fourth-order valence-electron chi connectivity index (χ4n) is 3.78. The number of carbonyl (C=O) groups is 2. The molecule has 1 aliphatic heterocycles. The Bertz CT molecular complexity index is 929. The van der Waals surface area contributed by atoms with Crippen molar-refractivity contribution in [2.45, 2.75) is 46.5 Å². The third kappa shape index (κ3) is 5.66. The van der Waals surface area contributed by atoms with Crippen molar-refractivity contribution in [3.63, 3.8) is 0 Å². The first-order valence-electron chi connectivity index (χ1n) is 11.0. The van der Waals surface area contributed by atoms with Gasteiger partial charge in [0, 0.05) is 31.7 Å². The highest BCUT2D eigenvalue weighted by Crippen LogP contribution is 2.23. The summed E-state index contributed by atoms with van der Waals surface area (Å²) >= 11 is 0. The highest BCUT2D eigenvalue weighted by Gasteiger charge is 2.23. The summed E-state index contributed by atoms with van der Waals surface area (Å²) in [6.07, 6.45) is 0.765. The molecule has 0 unspecified atom stereocenters. The van der Waals surface area contributed by atoms with E-state index in [1.807, 2.05) is 61.2 Å². The van der Waals surface area contributed by atoms with Crippen molar-refractivity contribution in [2.75, 3.05) is 32.8 Å². The summed E-state index contributed by atoms with van der Waals surface area (Å²) in [5.41, 5.74) is 4.17. The van der Waals surface area contributed by atoms with E-state index in [0.717, 1.165) is 23.3 Å². The van der Waals surface area contributed by atoms with Gasteiger partial charge in [-0.15, -0.1) is 0 Å². The van der Waals surface area contributed by atoms with Crippen LogP contribution < -0.4 is 4.74 Å². The number of benzene rings is 2. The monoisotopic (exact) mass is 422 g/mol. The maximum absolute atomic E-state index is 13.0. The van der Waals surface area contributed by atoms with E-state index in [-0.39, 0.29) is 23.8 Å². The number of ether oxygens (including phenoxy) is 1. The third-order valence-electron chi connectivity index (χ3n) is 6.04. The first kappa shape index (κ1) is 22.9. The molecule has 0 aromatic heterocycles. The van der Waals surface area contributed by atoms with Crippen LogP contribution in [0.3, 0.4) is 0 Å². The van der Waals surface area contributed by atoms with Crippen LogP contribution in [-0.4, -0.2) is 54.4 Å². The van der Waals surface area contributed by atoms with Gasteiger partial charge in [0.05, 0.1) is 0 Å². The quantitative estimate of drug-likeness (QED) is 0.736. The van der Waals surface area contributed by atoms with Crippen molar-refractivity contribution in [1.29, 1.82) is 0 Å². The Morgan fingerprint density at radius 2 is 1.55 bits per heavy atom. The highest BCUT2D eigenvalue weighted by atomic mass is 16.5. The van der Waals surface area contributed by atoms with Crippen LogP contribution in [0, 0.1) is 13.8 Å². The Morgan fingerprint density at radius 1 is 0.903 bits per heavy atom. The van der Waals surface area contributed by atoms with Crippen molar-refractivity contribution in [3.05, 3.63) is 64.7 Å². The minimum Gasteiger partial charge on any atom is -0.483 e. The molecule has 1 fully saturated rings.